The first-order valence-electron chi connectivity index (χ1n) is 5.09. The molecule has 4 nitrogen and oxygen atoms in total. The molecule has 5 heteroatoms. The molecule has 0 aliphatic carbocycles. The van der Waals surface area contributed by atoms with Crippen LogP contribution in [0.5, 0.6) is 0 Å². The van der Waals surface area contributed by atoms with E-state index < -0.39 is 15.4 Å². The Morgan fingerprint density at radius 1 is 1.44 bits per heavy atom. The molecule has 0 radical (unpaired) electrons. The van der Waals surface area contributed by atoms with Gasteiger partial charge in [-0.1, -0.05) is 12.1 Å². The number of aliphatic hydroxyl groups excluding tert-OH is 1. The van der Waals surface area contributed by atoms with Crippen LogP contribution in [0.4, 0.5) is 5.69 Å². The summed E-state index contributed by atoms with van der Waals surface area (Å²) < 4.78 is 24.2. The second kappa shape index (κ2) is 3.46. The fraction of sp³-hybridized carbons (Fsp3) is 0.455. The molecule has 2 rings (SSSR count). The highest BCUT2D eigenvalue weighted by Gasteiger charge is 2.36. The number of hydrogen-bond acceptors (Lipinski definition) is 4. The quantitative estimate of drug-likeness (QED) is 0.774. The molecule has 1 aliphatic rings. The van der Waals surface area contributed by atoms with Gasteiger partial charge in [0.05, 0.1) is 22.9 Å². The molecule has 2 N–H and O–H groups in total. The van der Waals surface area contributed by atoms with Gasteiger partial charge in [-0.25, -0.2) is 8.42 Å². The van der Waals surface area contributed by atoms with Crippen molar-refractivity contribution in [1.29, 1.82) is 0 Å². The van der Waals surface area contributed by atoms with Gasteiger partial charge in [0.15, 0.2) is 9.84 Å². The third-order valence-electron chi connectivity index (χ3n) is 2.60. The van der Waals surface area contributed by atoms with Crippen LogP contribution in [-0.2, 0) is 16.4 Å². The first-order chi connectivity index (χ1) is 7.36. The Labute approximate surface area is 95.2 Å². The van der Waals surface area contributed by atoms with Gasteiger partial charge in [-0.15, -0.1) is 0 Å². The molecule has 0 fully saturated rings. The highest BCUT2D eigenvalue weighted by molar-refractivity contribution is 7.91. The van der Waals surface area contributed by atoms with Gasteiger partial charge in [0.1, 0.15) is 0 Å². The van der Waals surface area contributed by atoms with Crippen molar-refractivity contribution in [3.63, 3.8) is 0 Å². The molecule has 0 saturated heterocycles. The molecule has 0 aromatic heterocycles. The lowest BCUT2D eigenvalue weighted by Gasteiger charge is -2.34. The Morgan fingerprint density at radius 3 is 2.75 bits per heavy atom. The second-order valence-corrected chi connectivity index (χ2v) is 6.65. The lowest BCUT2D eigenvalue weighted by atomic mass is 10.1. The molecule has 1 aliphatic heterocycles. The third kappa shape index (κ3) is 1.81. The molecule has 1 heterocycles. The van der Waals surface area contributed by atoms with Crippen LogP contribution in [0.1, 0.15) is 19.4 Å². The van der Waals surface area contributed by atoms with Crippen LogP contribution in [0.25, 0.3) is 0 Å². The number of anilines is 1. The van der Waals surface area contributed by atoms with Crippen LogP contribution in [0, 0.1) is 0 Å². The van der Waals surface area contributed by atoms with Crippen molar-refractivity contribution in [2.75, 3.05) is 11.1 Å². The van der Waals surface area contributed by atoms with Gasteiger partial charge < -0.3 is 10.4 Å². The van der Waals surface area contributed by atoms with Crippen molar-refractivity contribution in [3.8, 4) is 0 Å². The van der Waals surface area contributed by atoms with E-state index in [-0.39, 0.29) is 17.3 Å². The summed E-state index contributed by atoms with van der Waals surface area (Å²) in [5.41, 5.74) is 0.572. The normalized spacial score (nSPS) is 20.9. The van der Waals surface area contributed by atoms with E-state index in [1.807, 2.05) is 13.8 Å². The molecule has 0 amide bonds. The summed E-state index contributed by atoms with van der Waals surface area (Å²) in [5, 5.41) is 12.3. The number of benzene rings is 1. The van der Waals surface area contributed by atoms with Gasteiger partial charge in [-0.2, -0.15) is 0 Å². The molecule has 0 saturated carbocycles. The monoisotopic (exact) mass is 241 g/mol. The Kier molecular flexibility index (Phi) is 2.47. The number of fused-ring (bicyclic) bond motifs is 1. The Hall–Kier alpha value is -1.07. The largest absolute Gasteiger partial charge is 0.392 e. The summed E-state index contributed by atoms with van der Waals surface area (Å²) in [6.07, 6.45) is 0. The average molecular weight is 241 g/mol. The van der Waals surface area contributed by atoms with Crippen LogP contribution in [0.3, 0.4) is 0 Å². The molecule has 0 spiro atoms. The maximum Gasteiger partial charge on any atom is 0.183 e. The van der Waals surface area contributed by atoms with Crippen LogP contribution < -0.4 is 5.32 Å². The molecule has 0 atom stereocenters. The minimum absolute atomic E-state index is 0.0456. The zero-order valence-corrected chi connectivity index (χ0v) is 10.1. The van der Waals surface area contributed by atoms with Crippen molar-refractivity contribution in [2.24, 2.45) is 0 Å². The Bertz CT molecular complexity index is 520. The topological polar surface area (TPSA) is 66.4 Å². The molecule has 0 bridgehead atoms. The molecular formula is C11H15NO3S. The Morgan fingerprint density at radius 2 is 2.12 bits per heavy atom. The first-order valence-corrected chi connectivity index (χ1v) is 6.75. The van der Waals surface area contributed by atoms with Crippen LogP contribution >= 0.6 is 0 Å². The van der Waals surface area contributed by atoms with Crippen molar-refractivity contribution >= 4 is 15.5 Å². The fourth-order valence-corrected chi connectivity index (χ4v) is 4.28. The van der Waals surface area contributed by atoms with E-state index in [1.54, 1.807) is 18.2 Å². The smallest absolute Gasteiger partial charge is 0.183 e. The molecule has 16 heavy (non-hydrogen) atoms. The van der Waals surface area contributed by atoms with Gasteiger partial charge in [-0.05, 0) is 25.5 Å². The van der Waals surface area contributed by atoms with E-state index in [0.29, 0.717) is 11.3 Å². The van der Waals surface area contributed by atoms with E-state index in [4.69, 9.17) is 5.11 Å². The minimum atomic E-state index is -3.31. The highest BCUT2D eigenvalue weighted by atomic mass is 32.2. The standard InChI is InChI=1S/C11H15NO3S/c1-11(2)7-16(14,15)10-8(6-13)4-3-5-9(10)12-11/h3-5,12-13H,6-7H2,1-2H3. The van der Waals surface area contributed by atoms with Crippen molar-refractivity contribution in [2.45, 2.75) is 30.9 Å². The van der Waals surface area contributed by atoms with Gasteiger partial charge in [0.25, 0.3) is 0 Å². The predicted octanol–water partition coefficient (Wildman–Crippen LogP) is 1.16. The van der Waals surface area contributed by atoms with Crippen LogP contribution in [-0.4, -0.2) is 24.8 Å². The number of nitrogens with one attached hydrogen (secondary N) is 1. The van der Waals surface area contributed by atoms with Crippen molar-refractivity contribution in [3.05, 3.63) is 23.8 Å². The third-order valence-corrected chi connectivity index (χ3v) is 4.81. The summed E-state index contributed by atoms with van der Waals surface area (Å²) >= 11 is 0. The molecule has 88 valence electrons. The zero-order valence-electron chi connectivity index (χ0n) is 9.32. The van der Waals surface area contributed by atoms with E-state index in [2.05, 4.69) is 5.32 Å². The fourth-order valence-electron chi connectivity index (χ4n) is 2.12. The van der Waals surface area contributed by atoms with Gasteiger partial charge in [0, 0.05) is 5.54 Å². The van der Waals surface area contributed by atoms with Gasteiger partial charge >= 0.3 is 0 Å². The lowest BCUT2D eigenvalue weighted by Crippen LogP contribution is -2.43. The molecule has 1 aromatic carbocycles. The summed E-state index contributed by atoms with van der Waals surface area (Å²) in [5.74, 6) is 0.0456. The van der Waals surface area contributed by atoms with Crippen LogP contribution in [0.2, 0.25) is 0 Å². The van der Waals surface area contributed by atoms with E-state index in [0.717, 1.165) is 0 Å². The minimum Gasteiger partial charge on any atom is -0.392 e. The highest BCUT2D eigenvalue weighted by Crippen LogP contribution is 2.35. The molecule has 0 unspecified atom stereocenters. The lowest BCUT2D eigenvalue weighted by molar-refractivity contribution is 0.278. The van der Waals surface area contributed by atoms with Gasteiger partial charge in [-0.3, -0.25) is 0 Å². The van der Waals surface area contributed by atoms with E-state index >= 15 is 0 Å². The van der Waals surface area contributed by atoms with Crippen LogP contribution in [0.15, 0.2) is 23.1 Å². The molecular weight excluding hydrogens is 226 g/mol. The summed E-state index contributed by atoms with van der Waals surface area (Å²) in [7, 11) is -3.31. The average Bonchev–Trinajstić information content (AvgIpc) is 2.13. The van der Waals surface area contributed by atoms with E-state index in [1.165, 1.54) is 0 Å². The number of sulfone groups is 1. The van der Waals surface area contributed by atoms with Gasteiger partial charge in [0.2, 0.25) is 0 Å². The summed E-state index contributed by atoms with van der Waals surface area (Å²) in [6, 6.07) is 5.11. The number of aliphatic hydroxyl groups is 1. The Balaban J connectivity index is 2.70. The number of hydrogen-bond donors (Lipinski definition) is 2. The maximum absolute atomic E-state index is 12.1. The predicted molar refractivity (Wildman–Crippen MR) is 62.1 cm³/mol. The van der Waals surface area contributed by atoms with Crippen molar-refractivity contribution < 1.29 is 13.5 Å². The number of rotatable bonds is 1. The second-order valence-electron chi connectivity index (χ2n) is 4.72. The van der Waals surface area contributed by atoms with Crippen molar-refractivity contribution in [1.82, 2.24) is 0 Å². The molecule has 1 aromatic rings. The first kappa shape index (κ1) is 11.4. The summed E-state index contributed by atoms with van der Waals surface area (Å²) in [6.45, 7) is 3.43. The maximum atomic E-state index is 12.1. The van der Waals surface area contributed by atoms with E-state index in [9.17, 15) is 8.42 Å². The summed E-state index contributed by atoms with van der Waals surface area (Å²) in [4.78, 5) is 0.247. The zero-order chi connectivity index (χ0) is 12.0. The SMILES string of the molecule is CC1(C)CS(=O)(=O)c2c(CO)cccc2N1.